The van der Waals surface area contributed by atoms with Gasteiger partial charge in [0.2, 0.25) is 11.8 Å². The molecule has 1 aromatic rings. The SMILES string of the molecule is CCCC1C(=O)NC(C)C(=O)N1Cc1cc(C)nn1C. The van der Waals surface area contributed by atoms with Gasteiger partial charge >= 0.3 is 0 Å². The Kier molecular flexibility index (Phi) is 4.11. The van der Waals surface area contributed by atoms with Crippen molar-refractivity contribution < 1.29 is 9.59 Å². The van der Waals surface area contributed by atoms with Crippen LogP contribution in [0.5, 0.6) is 0 Å². The predicted molar refractivity (Wildman–Crippen MR) is 74.8 cm³/mol. The summed E-state index contributed by atoms with van der Waals surface area (Å²) in [6.07, 6.45) is 1.54. The van der Waals surface area contributed by atoms with Crippen LogP contribution in [0.2, 0.25) is 0 Å². The maximum absolute atomic E-state index is 12.4. The third-order valence-electron chi connectivity index (χ3n) is 3.68. The molecule has 1 fully saturated rings. The largest absolute Gasteiger partial charge is 0.343 e. The van der Waals surface area contributed by atoms with E-state index in [9.17, 15) is 9.59 Å². The lowest BCUT2D eigenvalue weighted by Crippen LogP contribution is -2.62. The molecule has 2 rings (SSSR count). The summed E-state index contributed by atoms with van der Waals surface area (Å²) >= 11 is 0. The summed E-state index contributed by atoms with van der Waals surface area (Å²) in [4.78, 5) is 26.1. The number of nitrogens with zero attached hydrogens (tertiary/aromatic N) is 3. The molecule has 6 nitrogen and oxygen atoms in total. The molecule has 1 aliphatic heterocycles. The number of amides is 2. The maximum atomic E-state index is 12.4. The normalized spacial score (nSPS) is 23.1. The number of piperazine rings is 1. The van der Waals surface area contributed by atoms with Crippen LogP contribution in [0.4, 0.5) is 0 Å². The summed E-state index contributed by atoms with van der Waals surface area (Å²) in [5.74, 6) is -0.0836. The van der Waals surface area contributed by atoms with Crippen molar-refractivity contribution in [3.05, 3.63) is 17.5 Å². The molecule has 0 spiro atoms. The Morgan fingerprint density at radius 1 is 1.40 bits per heavy atom. The molecule has 2 atom stereocenters. The van der Waals surface area contributed by atoms with Crippen LogP contribution >= 0.6 is 0 Å². The number of carbonyl (C=O) groups excluding carboxylic acids is 2. The quantitative estimate of drug-likeness (QED) is 0.883. The van der Waals surface area contributed by atoms with Crippen LogP contribution in [-0.4, -0.2) is 38.6 Å². The third-order valence-corrected chi connectivity index (χ3v) is 3.68. The fourth-order valence-electron chi connectivity index (χ4n) is 2.65. The second kappa shape index (κ2) is 5.64. The monoisotopic (exact) mass is 278 g/mol. The Labute approximate surface area is 119 Å². The Bertz CT molecular complexity index is 523. The number of hydrogen-bond acceptors (Lipinski definition) is 3. The van der Waals surface area contributed by atoms with Gasteiger partial charge in [-0.3, -0.25) is 14.3 Å². The van der Waals surface area contributed by atoms with E-state index in [-0.39, 0.29) is 17.9 Å². The molecule has 20 heavy (non-hydrogen) atoms. The summed E-state index contributed by atoms with van der Waals surface area (Å²) in [6.45, 7) is 6.09. The zero-order valence-corrected chi connectivity index (χ0v) is 12.5. The lowest BCUT2D eigenvalue weighted by Gasteiger charge is -2.37. The van der Waals surface area contributed by atoms with E-state index in [2.05, 4.69) is 10.4 Å². The molecule has 110 valence electrons. The topological polar surface area (TPSA) is 67.2 Å². The van der Waals surface area contributed by atoms with Crippen molar-refractivity contribution in [2.75, 3.05) is 0 Å². The Morgan fingerprint density at radius 3 is 2.65 bits per heavy atom. The molecule has 0 aromatic carbocycles. The number of hydrogen-bond donors (Lipinski definition) is 1. The molecule has 1 aliphatic rings. The molecule has 1 aromatic heterocycles. The van der Waals surface area contributed by atoms with E-state index in [0.717, 1.165) is 17.8 Å². The van der Waals surface area contributed by atoms with Gasteiger partial charge in [0.15, 0.2) is 0 Å². The van der Waals surface area contributed by atoms with Crippen LogP contribution in [0.15, 0.2) is 6.07 Å². The minimum Gasteiger partial charge on any atom is -0.343 e. The van der Waals surface area contributed by atoms with Gasteiger partial charge in [-0.25, -0.2) is 0 Å². The molecular weight excluding hydrogens is 256 g/mol. The van der Waals surface area contributed by atoms with Crippen LogP contribution in [-0.2, 0) is 23.2 Å². The molecule has 6 heteroatoms. The first kappa shape index (κ1) is 14.6. The number of nitrogens with one attached hydrogen (secondary N) is 1. The van der Waals surface area contributed by atoms with Gasteiger partial charge in [-0.05, 0) is 26.3 Å². The van der Waals surface area contributed by atoms with Crippen molar-refractivity contribution >= 4 is 11.8 Å². The molecule has 2 heterocycles. The highest BCUT2D eigenvalue weighted by atomic mass is 16.2. The molecule has 2 unspecified atom stereocenters. The van der Waals surface area contributed by atoms with Crippen LogP contribution in [0.25, 0.3) is 0 Å². The van der Waals surface area contributed by atoms with E-state index in [1.807, 2.05) is 27.0 Å². The molecule has 0 saturated carbocycles. The van der Waals surface area contributed by atoms with E-state index in [1.165, 1.54) is 0 Å². The highest BCUT2D eigenvalue weighted by Gasteiger charge is 2.38. The summed E-state index contributed by atoms with van der Waals surface area (Å²) in [5.41, 5.74) is 1.86. The zero-order valence-electron chi connectivity index (χ0n) is 12.5. The van der Waals surface area contributed by atoms with Crippen LogP contribution < -0.4 is 5.32 Å². The molecule has 1 saturated heterocycles. The summed E-state index contributed by atoms with van der Waals surface area (Å²) in [6, 6.07) is 1.12. The van der Waals surface area contributed by atoms with Gasteiger partial charge in [0.05, 0.1) is 17.9 Å². The van der Waals surface area contributed by atoms with E-state index in [4.69, 9.17) is 0 Å². The zero-order chi connectivity index (χ0) is 14.9. The van der Waals surface area contributed by atoms with E-state index < -0.39 is 6.04 Å². The van der Waals surface area contributed by atoms with Crippen molar-refractivity contribution in [2.24, 2.45) is 7.05 Å². The second-order valence-electron chi connectivity index (χ2n) is 5.40. The van der Waals surface area contributed by atoms with Gasteiger partial charge in [-0.2, -0.15) is 5.10 Å². The van der Waals surface area contributed by atoms with Crippen molar-refractivity contribution in [2.45, 2.75) is 52.2 Å². The second-order valence-corrected chi connectivity index (χ2v) is 5.40. The average Bonchev–Trinajstić information content (AvgIpc) is 2.69. The number of carbonyl (C=O) groups is 2. The van der Waals surface area contributed by atoms with Crippen molar-refractivity contribution in [1.29, 1.82) is 0 Å². The molecule has 0 bridgehead atoms. The molecule has 1 N–H and O–H groups in total. The lowest BCUT2D eigenvalue weighted by atomic mass is 10.0. The van der Waals surface area contributed by atoms with Gasteiger partial charge in [0.25, 0.3) is 0 Å². The average molecular weight is 278 g/mol. The minimum absolute atomic E-state index is 0.0260. The van der Waals surface area contributed by atoms with Gasteiger partial charge in [0, 0.05) is 7.05 Å². The highest BCUT2D eigenvalue weighted by Crippen LogP contribution is 2.18. The van der Waals surface area contributed by atoms with Crippen molar-refractivity contribution in [1.82, 2.24) is 20.0 Å². The predicted octanol–water partition coefficient (Wildman–Crippen LogP) is 0.744. The minimum atomic E-state index is -0.454. The van der Waals surface area contributed by atoms with Crippen molar-refractivity contribution in [3.8, 4) is 0 Å². The van der Waals surface area contributed by atoms with Crippen LogP contribution in [0, 0.1) is 6.92 Å². The third kappa shape index (κ3) is 2.69. The molecular formula is C14H22N4O2. The smallest absolute Gasteiger partial charge is 0.245 e. The number of rotatable bonds is 4. The first-order valence-electron chi connectivity index (χ1n) is 7.04. The summed E-state index contributed by atoms with van der Waals surface area (Å²) in [7, 11) is 1.86. The van der Waals surface area contributed by atoms with E-state index in [0.29, 0.717) is 13.0 Å². The van der Waals surface area contributed by atoms with Gasteiger partial charge in [-0.1, -0.05) is 13.3 Å². The van der Waals surface area contributed by atoms with Crippen molar-refractivity contribution in [3.63, 3.8) is 0 Å². The number of aryl methyl sites for hydroxylation is 2. The van der Waals surface area contributed by atoms with Crippen LogP contribution in [0.3, 0.4) is 0 Å². The van der Waals surface area contributed by atoms with Gasteiger partial charge < -0.3 is 10.2 Å². The summed E-state index contributed by atoms with van der Waals surface area (Å²) < 4.78 is 1.77. The molecule has 0 aliphatic carbocycles. The molecule has 2 amide bonds. The van der Waals surface area contributed by atoms with Crippen LogP contribution in [0.1, 0.15) is 38.1 Å². The maximum Gasteiger partial charge on any atom is 0.245 e. The van der Waals surface area contributed by atoms with E-state index >= 15 is 0 Å². The fourth-order valence-corrected chi connectivity index (χ4v) is 2.65. The molecule has 0 radical (unpaired) electrons. The Balaban J connectivity index is 2.26. The standard InChI is InChI=1S/C14H22N4O2/c1-5-6-12-13(19)15-10(3)14(20)18(12)8-11-7-9(2)16-17(11)4/h7,10,12H,5-6,8H2,1-4H3,(H,15,19). The van der Waals surface area contributed by atoms with E-state index in [1.54, 1.807) is 16.5 Å². The Hall–Kier alpha value is -1.85. The fraction of sp³-hybridized carbons (Fsp3) is 0.643. The first-order chi connectivity index (χ1) is 9.43. The highest BCUT2D eigenvalue weighted by molar-refractivity contribution is 5.96. The van der Waals surface area contributed by atoms with Gasteiger partial charge in [0.1, 0.15) is 12.1 Å². The Morgan fingerprint density at radius 2 is 2.10 bits per heavy atom. The lowest BCUT2D eigenvalue weighted by molar-refractivity contribution is -0.149. The number of aromatic nitrogens is 2. The summed E-state index contributed by atoms with van der Waals surface area (Å²) in [5, 5.41) is 7.04. The van der Waals surface area contributed by atoms with Gasteiger partial charge in [-0.15, -0.1) is 0 Å². The first-order valence-corrected chi connectivity index (χ1v) is 7.04.